The molecule has 3 amide bonds. The third-order valence-electron chi connectivity index (χ3n) is 2.60. The molecule has 2 aromatic carbocycles. The van der Waals surface area contributed by atoms with Crippen molar-refractivity contribution in [3.8, 4) is 0 Å². The fourth-order valence-electron chi connectivity index (χ4n) is 1.59. The molecule has 2 aromatic rings. The number of amides is 3. The number of anilines is 2. The van der Waals surface area contributed by atoms with Crippen LogP contribution in [-0.2, 0) is 0 Å². The quantitative estimate of drug-likeness (QED) is 0.803. The lowest BCUT2D eigenvalue weighted by atomic mass is 10.2. The molecule has 0 saturated heterocycles. The highest BCUT2D eigenvalue weighted by atomic mass is 35.5. The van der Waals surface area contributed by atoms with Crippen LogP contribution in [0.3, 0.4) is 0 Å². The fraction of sp³-hybridized carbons (Fsp3) is 0. The molecule has 0 aliphatic heterocycles. The normalized spacial score (nSPS) is 10.0. The van der Waals surface area contributed by atoms with E-state index in [0.29, 0.717) is 27.0 Å². The van der Waals surface area contributed by atoms with Crippen LogP contribution >= 0.6 is 23.2 Å². The van der Waals surface area contributed by atoms with Gasteiger partial charge in [0, 0.05) is 16.9 Å². The van der Waals surface area contributed by atoms with Crippen molar-refractivity contribution < 1.29 is 9.59 Å². The summed E-state index contributed by atoms with van der Waals surface area (Å²) in [6, 6.07) is 10.5. The van der Waals surface area contributed by atoms with Crippen molar-refractivity contribution >= 4 is 46.5 Å². The second kappa shape index (κ2) is 6.47. The lowest BCUT2D eigenvalue weighted by molar-refractivity contribution is 0.100. The fourth-order valence-corrected chi connectivity index (χ4v) is 1.88. The largest absolute Gasteiger partial charge is 0.366 e. The van der Waals surface area contributed by atoms with E-state index in [0.717, 1.165) is 0 Å². The third kappa shape index (κ3) is 4.11. The Kier molecular flexibility index (Phi) is 4.67. The van der Waals surface area contributed by atoms with Crippen LogP contribution in [0.1, 0.15) is 10.4 Å². The smallest absolute Gasteiger partial charge is 0.323 e. The number of hydrogen-bond acceptors (Lipinski definition) is 2. The minimum absolute atomic E-state index is 0.347. The summed E-state index contributed by atoms with van der Waals surface area (Å²) >= 11 is 11.6. The Labute approximate surface area is 131 Å². The number of nitrogens with one attached hydrogen (secondary N) is 2. The van der Waals surface area contributed by atoms with E-state index in [1.807, 2.05) is 0 Å². The van der Waals surface area contributed by atoms with E-state index >= 15 is 0 Å². The van der Waals surface area contributed by atoms with Crippen LogP contribution in [0.4, 0.5) is 16.2 Å². The first-order valence-electron chi connectivity index (χ1n) is 5.88. The van der Waals surface area contributed by atoms with Crippen LogP contribution in [0.15, 0.2) is 42.5 Å². The summed E-state index contributed by atoms with van der Waals surface area (Å²) in [6.45, 7) is 0. The minimum atomic E-state index is -0.526. The van der Waals surface area contributed by atoms with E-state index in [9.17, 15) is 9.59 Å². The van der Waals surface area contributed by atoms with E-state index in [-0.39, 0.29) is 0 Å². The lowest BCUT2D eigenvalue weighted by Crippen LogP contribution is -2.19. The van der Waals surface area contributed by atoms with E-state index in [1.165, 1.54) is 12.1 Å². The molecule has 5 nitrogen and oxygen atoms in total. The number of carbonyl (C=O) groups is 2. The van der Waals surface area contributed by atoms with Crippen molar-refractivity contribution in [3.05, 3.63) is 58.1 Å². The maximum atomic E-state index is 11.8. The second-order valence-corrected chi connectivity index (χ2v) is 4.96. The highest BCUT2D eigenvalue weighted by molar-refractivity contribution is 6.42. The molecule has 0 spiro atoms. The Morgan fingerprint density at radius 2 is 1.43 bits per heavy atom. The number of carbonyl (C=O) groups excluding carboxylic acids is 2. The second-order valence-electron chi connectivity index (χ2n) is 4.15. The zero-order valence-electron chi connectivity index (χ0n) is 10.7. The Balaban J connectivity index is 2.01. The van der Waals surface area contributed by atoms with Gasteiger partial charge in [-0.25, -0.2) is 4.79 Å². The first-order chi connectivity index (χ1) is 9.95. The van der Waals surface area contributed by atoms with Gasteiger partial charge in [-0.15, -0.1) is 0 Å². The summed E-state index contributed by atoms with van der Waals surface area (Å²) in [5, 5.41) is 5.98. The van der Waals surface area contributed by atoms with Crippen molar-refractivity contribution in [3.63, 3.8) is 0 Å². The predicted octanol–water partition coefficient (Wildman–Crippen LogP) is 3.74. The van der Waals surface area contributed by atoms with E-state index < -0.39 is 11.9 Å². The van der Waals surface area contributed by atoms with Gasteiger partial charge in [-0.3, -0.25) is 4.79 Å². The molecular formula is C14H11Cl2N3O2. The summed E-state index contributed by atoms with van der Waals surface area (Å²) in [4.78, 5) is 22.7. The number of hydrogen-bond donors (Lipinski definition) is 3. The van der Waals surface area contributed by atoms with Gasteiger partial charge in [-0.2, -0.15) is 0 Å². The zero-order valence-corrected chi connectivity index (χ0v) is 12.2. The maximum Gasteiger partial charge on any atom is 0.323 e. The van der Waals surface area contributed by atoms with Gasteiger partial charge in [0.05, 0.1) is 10.0 Å². The third-order valence-corrected chi connectivity index (χ3v) is 3.34. The Morgan fingerprint density at radius 3 is 2.00 bits per heavy atom. The minimum Gasteiger partial charge on any atom is -0.366 e. The summed E-state index contributed by atoms with van der Waals surface area (Å²) in [6.07, 6.45) is 0. The summed E-state index contributed by atoms with van der Waals surface area (Å²) in [5.41, 5.74) is 6.53. The summed E-state index contributed by atoms with van der Waals surface area (Å²) < 4.78 is 0. The molecule has 21 heavy (non-hydrogen) atoms. The molecule has 0 heterocycles. The first kappa shape index (κ1) is 15.2. The molecule has 0 unspecified atom stereocenters. The number of nitrogens with two attached hydrogens (primary N) is 1. The Hall–Kier alpha value is -2.24. The zero-order chi connectivity index (χ0) is 15.4. The van der Waals surface area contributed by atoms with Crippen molar-refractivity contribution in [2.45, 2.75) is 0 Å². The molecule has 0 aliphatic carbocycles. The van der Waals surface area contributed by atoms with Gasteiger partial charge in [0.15, 0.2) is 0 Å². The van der Waals surface area contributed by atoms with Gasteiger partial charge in [0.25, 0.3) is 0 Å². The van der Waals surface area contributed by atoms with Crippen LogP contribution in [0.5, 0.6) is 0 Å². The van der Waals surface area contributed by atoms with Crippen LogP contribution in [0, 0.1) is 0 Å². The van der Waals surface area contributed by atoms with Gasteiger partial charge >= 0.3 is 6.03 Å². The summed E-state index contributed by atoms with van der Waals surface area (Å²) in [7, 11) is 0. The van der Waals surface area contributed by atoms with Crippen LogP contribution in [0.25, 0.3) is 0 Å². The number of urea groups is 1. The molecule has 108 valence electrons. The summed E-state index contributed by atoms with van der Waals surface area (Å²) in [5.74, 6) is -0.526. The topological polar surface area (TPSA) is 84.2 Å². The molecular weight excluding hydrogens is 313 g/mol. The molecule has 0 atom stereocenters. The van der Waals surface area contributed by atoms with E-state index in [1.54, 1.807) is 30.3 Å². The first-order valence-corrected chi connectivity index (χ1v) is 6.64. The SMILES string of the molecule is NC(=O)c1ccc(NC(=O)Nc2ccc(Cl)c(Cl)c2)cc1. The number of rotatable bonds is 3. The van der Waals surface area contributed by atoms with Crippen molar-refractivity contribution in [2.75, 3.05) is 10.6 Å². The van der Waals surface area contributed by atoms with Crippen molar-refractivity contribution in [1.82, 2.24) is 0 Å². The molecule has 0 aliphatic rings. The number of benzene rings is 2. The maximum absolute atomic E-state index is 11.8. The van der Waals surface area contributed by atoms with E-state index in [4.69, 9.17) is 28.9 Å². The highest BCUT2D eigenvalue weighted by Crippen LogP contribution is 2.25. The Morgan fingerprint density at radius 1 is 0.857 bits per heavy atom. The lowest BCUT2D eigenvalue weighted by Gasteiger charge is -2.08. The molecule has 0 radical (unpaired) electrons. The monoisotopic (exact) mass is 323 g/mol. The molecule has 0 saturated carbocycles. The van der Waals surface area contributed by atoms with Gasteiger partial charge in [0.1, 0.15) is 0 Å². The van der Waals surface area contributed by atoms with E-state index in [2.05, 4.69) is 10.6 Å². The molecule has 4 N–H and O–H groups in total. The number of halogens is 2. The van der Waals surface area contributed by atoms with Gasteiger partial charge in [-0.1, -0.05) is 23.2 Å². The van der Waals surface area contributed by atoms with Gasteiger partial charge < -0.3 is 16.4 Å². The van der Waals surface area contributed by atoms with Gasteiger partial charge in [0.2, 0.25) is 5.91 Å². The number of primary amides is 1. The van der Waals surface area contributed by atoms with Gasteiger partial charge in [-0.05, 0) is 42.5 Å². The molecule has 0 fully saturated rings. The van der Waals surface area contributed by atoms with Crippen LogP contribution in [-0.4, -0.2) is 11.9 Å². The predicted molar refractivity (Wildman–Crippen MR) is 84.1 cm³/mol. The Bertz CT molecular complexity index is 687. The van der Waals surface area contributed by atoms with Crippen LogP contribution in [0.2, 0.25) is 10.0 Å². The van der Waals surface area contributed by atoms with Crippen LogP contribution < -0.4 is 16.4 Å². The highest BCUT2D eigenvalue weighted by Gasteiger charge is 2.06. The molecule has 0 aromatic heterocycles. The average Bonchev–Trinajstić information content (AvgIpc) is 2.43. The molecule has 0 bridgehead atoms. The standard InChI is InChI=1S/C14H11Cl2N3O2/c15-11-6-5-10(7-12(11)16)19-14(21)18-9-3-1-8(2-4-9)13(17)20/h1-7H,(H2,17,20)(H2,18,19,21). The average molecular weight is 324 g/mol. The molecule has 2 rings (SSSR count). The van der Waals surface area contributed by atoms with Crippen molar-refractivity contribution in [1.29, 1.82) is 0 Å². The van der Waals surface area contributed by atoms with Crippen molar-refractivity contribution in [2.24, 2.45) is 5.73 Å². The molecule has 7 heteroatoms.